The topological polar surface area (TPSA) is 24.4 Å². The van der Waals surface area contributed by atoms with Gasteiger partial charge in [0.2, 0.25) is 0 Å². The Labute approximate surface area is 150 Å². The lowest BCUT2D eigenvalue weighted by Gasteiger charge is -2.06. The van der Waals surface area contributed by atoms with Crippen LogP contribution in [0.1, 0.15) is 16.7 Å². The number of rotatable bonds is 4. The molecule has 0 unspecified atom stereocenters. The zero-order valence-electron chi connectivity index (χ0n) is 11.1. The van der Waals surface area contributed by atoms with Gasteiger partial charge in [0, 0.05) is 24.6 Å². The van der Waals surface area contributed by atoms with Crippen molar-refractivity contribution in [1.29, 1.82) is 0 Å². The maximum absolute atomic E-state index is 6.10. The lowest BCUT2D eigenvalue weighted by Crippen LogP contribution is -2.06. The number of hydrogen-bond acceptors (Lipinski definition) is 2. The van der Waals surface area contributed by atoms with Crippen LogP contribution in [-0.2, 0) is 6.54 Å². The summed E-state index contributed by atoms with van der Waals surface area (Å²) in [4.78, 5) is 0. The van der Waals surface area contributed by atoms with Crippen molar-refractivity contribution in [2.45, 2.75) is 13.5 Å². The van der Waals surface area contributed by atoms with E-state index in [0.717, 1.165) is 25.6 Å². The molecule has 21 heavy (non-hydrogen) atoms. The molecule has 2 nitrogen and oxygen atoms in total. The van der Waals surface area contributed by atoms with Crippen molar-refractivity contribution in [2.24, 2.45) is 5.10 Å². The minimum Gasteiger partial charge on any atom is -0.306 e. The van der Waals surface area contributed by atoms with Crippen LogP contribution in [0.4, 0.5) is 0 Å². The largest absolute Gasteiger partial charge is 0.306 e. The van der Waals surface area contributed by atoms with Gasteiger partial charge in [-0.25, -0.2) is 0 Å². The van der Waals surface area contributed by atoms with Crippen molar-refractivity contribution < 1.29 is 0 Å². The zero-order valence-corrected chi connectivity index (χ0v) is 15.8. The van der Waals surface area contributed by atoms with Gasteiger partial charge in [-0.2, -0.15) is 5.10 Å². The van der Waals surface area contributed by atoms with Crippen LogP contribution in [-0.4, -0.2) is 6.21 Å². The van der Waals surface area contributed by atoms with Crippen molar-refractivity contribution in [3.8, 4) is 0 Å². The third-order valence-corrected chi connectivity index (χ3v) is 5.28. The van der Waals surface area contributed by atoms with Gasteiger partial charge in [0.15, 0.2) is 0 Å². The number of hydrogen-bond donors (Lipinski definition) is 1. The molecule has 6 heteroatoms. The molecule has 0 bridgehead atoms. The van der Waals surface area contributed by atoms with Gasteiger partial charge in [-0.3, -0.25) is 0 Å². The fourth-order valence-corrected chi connectivity index (χ4v) is 3.44. The molecule has 0 amide bonds. The zero-order chi connectivity index (χ0) is 15.4. The summed E-state index contributed by atoms with van der Waals surface area (Å²) < 4.78 is 2.07. The molecule has 0 aliphatic carbocycles. The number of benzene rings is 2. The second-order valence-corrected chi connectivity index (χ2v) is 6.93. The summed E-state index contributed by atoms with van der Waals surface area (Å²) in [6, 6.07) is 9.45. The Kier molecular flexibility index (Phi) is 6.11. The van der Waals surface area contributed by atoms with Gasteiger partial charge in [0.05, 0.1) is 12.8 Å². The Morgan fingerprint density at radius 2 is 1.71 bits per heavy atom. The van der Waals surface area contributed by atoms with Gasteiger partial charge in [-0.1, -0.05) is 61.1 Å². The number of halogens is 4. The fraction of sp³-hybridized carbons (Fsp3) is 0.133. The number of nitrogens with one attached hydrogen (secondary N) is 1. The van der Waals surface area contributed by atoms with E-state index in [1.807, 2.05) is 37.3 Å². The lowest BCUT2D eigenvalue weighted by molar-refractivity contribution is 0.748. The van der Waals surface area contributed by atoms with Crippen molar-refractivity contribution >= 4 is 61.3 Å². The second-order valence-electron chi connectivity index (χ2n) is 4.40. The van der Waals surface area contributed by atoms with Gasteiger partial charge < -0.3 is 5.43 Å². The highest BCUT2D eigenvalue weighted by Gasteiger charge is 2.04. The highest BCUT2D eigenvalue weighted by molar-refractivity contribution is 9.11. The summed E-state index contributed by atoms with van der Waals surface area (Å²) >= 11 is 19.2. The molecule has 2 aromatic rings. The molecule has 110 valence electrons. The SMILES string of the molecule is Cc1c(Br)cc(/C=N/NCc2c(Cl)cccc2Cl)cc1Br. The molecule has 0 aromatic heterocycles. The summed E-state index contributed by atoms with van der Waals surface area (Å²) in [5.41, 5.74) is 5.93. The third kappa shape index (κ3) is 4.46. The van der Waals surface area contributed by atoms with E-state index in [0.29, 0.717) is 16.6 Å². The van der Waals surface area contributed by atoms with E-state index in [1.54, 1.807) is 6.21 Å². The first-order chi connectivity index (χ1) is 9.99. The van der Waals surface area contributed by atoms with Crippen LogP contribution in [0.2, 0.25) is 10.0 Å². The summed E-state index contributed by atoms with van der Waals surface area (Å²) in [7, 11) is 0. The van der Waals surface area contributed by atoms with Crippen molar-refractivity contribution in [3.05, 3.63) is 66.0 Å². The first-order valence-electron chi connectivity index (χ1n) is 6.13. The van der Waals surface area contributed by atoms with Crippen molar-refractivity contribution in [2.75, 3.05) is 0 Å². The lowest BCUT2D eigenvalue weighted by atomic mass is 10.2. The first-order valence-corrected chi connectivity index (χ1v) is 8.47. The Morgan fingerprint density at radius 3 is 2.29 bits per heavy atom. The predicted octanol–water partition coefficient (Wildman–Crippen LogP) is 5.95. The summed E-state index contributed by atoms with van der Waals surface area (Å²) in [6.45, 7) is 2.51. The molecular weight excluding hydrogens is 439 g/mol. The molecule has 2 aromatic carbocycles. The molecule has 0 fully saturated rings. The first kappa shape index (κ1) is 16.8. The van der Waals surface area contributed by atoms with E-state index in [1.165, 1.54) is 0 Å². The minimum atomic E-state index is 0.475. The van der Waals surface area contributed by atoms with E-state index in [9.17, 15) is 0 Å². The van der Waals surface area contributed by atoms with E-state index < -0.39 is 0 Å². The number of hydrazone groups is 1. The smallest absolute Gasteiger partial charge is 0.0609 e. The number of nitrogens with zero attached hydrogens (tertiary/aromatic N) is 1. The van der Waals surface area contributed by atoms with Crippen LogP contribution in [0.15, 0.2) is 44.4 Å². The van der Waals surface area contributed by atoms with Gasteiger partial charge in [-0.05, 0) is 42.3 Å². The van der Waals surface area contributed by atoms with Crippen LogP contribution in [0.5, 0.6) is 0 Å². The molecule has 0 aliphatic rings. The molecule has 0 spiro atoms. The summed E-state index contributed by atoms with van der Waals surface area (Å²) in [5.74, 6) is 0. The normalized spacial score (nSPS) is 11.1. The highest BCUT2D eigenvalue weighted by atomic mass is 79.9. The molecular formula is C15H12Br2Cl2N2. The molecule has 0 saturated heterocycles. The van der Waals surface area contributed by atoms with E-state index in [2.05, 4.69) is 42.4 Å². The van der Waals surface area contributed by atoms with E-state index in [4.69, 9.17) is 23.2 Å². The molecule has 0 radical (unpaired) electrons. The van der Waals surface area contributed by atoms with Gasteiger partial charge in [0.1, 0.15) is 0 Å². The van der Waals surface area contributed by atoms with Crippen molar-refractivity contribution in [1.82, 2.24) is 5.43 Å². The quantitative estimate of drug-likeness (QED) is 0.451. The summed E-state index contributed by atoms with van der Waals surface area (Å²) in [5, 5.41) is 5.46. The fourth-order valence-electron chi connectivity index (χ4n) is 1.69. The molecule has 0 aliphatic heterocycles. The molecule has 0 saturated carbocycles. The second kappa shape index (κ2) is 7.63. The Hall–Kier alpha value is -0.550. The third-order valence-electron chi connectivity index (χ3n) is 2.93. The van der Waals surface area contributed by atoms with E-state index in [-0.39, 0.29) is 0 Å². The Morgan fingerprint density at radius 1 is 1.14 bits per heavy atom. The van der Waals surface area contributed by atoms with Crippen LogP contribution in [0.25, 0.3) is 0 Å². The highest BCUT2D eigenvalue weighted by Crippen LogP contribution is 2.26. The van der Waals surface area contributed by atoms with Gasteiger partial charge >= 0.3 is 0 Å². The standard InChI is InChI=1S/C15H12Br2Cl2N2/c1-9-12(16)5-10(6-13(9)17)7-20-21-8-11-14(18)3-2-4-15(11)19/h2-7,21H,8H2,1H3/b20-7+. The molecule has 1 N–H and O–H groups in total. The van der Waals surface area contributed by atoms with Gasteiger partial charge in [-0.15, -0.1) is 0 Å². The Balaban J connectivity index is 2.03. The summed E-state index contributed by atoms with van der Waals surface area (Å²) in [6.07, 6.45) is 1.75. The van der Waals surface area contributed by atoms with E-state index >= 15 is 0 Å². The maximum atomic E-state index is 6.10. The predicted molar refractivity (Wildman–Crippen MR) is 97.5 cm³/mol. The maximum Gasteiger partial charge on any atom is 0.0609 e. The molecule has 2 rings (SSSR count). The van der Waals surface area contributed by atoms with Crippen molar-refractivity contribution in [3.63, 3.8) is 0 Å². The average Bonchev–Trinajstić information content (AvgIpc) is 2.43. The monoisotopic (exact) mass is 448 g/mol. The Bertz CT molecular complexity index is 644. The van der Waals surface area contributed by atoms with Crippen LogP contribution < -0.4 is 5.43 Å². The van der Waals surface area contributed by atoms with Crippen LogP contribution in [0.3, 0.4) is 0 Å². The average molecular weight is 451 g/mol. The van der Waals surface area contributed by atoms with Gasteiger partial charge in [0.25, 0.3) is 0 Å². The molecule has 0 heterocycles. The van der Waals surface area contributed by atoms with Crippen LogP contribution >= 0.6 is 55.1 Å². The molecule has 0 atom stereocenters. The minimum absolute atomic E-state index is 0.475. The van der Waals surface area contributed by atoms with Crippen LogP contribution in [0, 0.1) is 6.92 Å².